The van der Waals surface area contributed by atoms with Crippen molar-refractivity contribution in [2.45, 2.75) is 32.9 Å². The highest BCUT2D eigenvalue weighted by atomic mass is 127. The molecule has 3 N–H and O–H groups in total. The molecule has 0 aliphatic carbocycles. The Morgan fingerprint density at radius 1 is 1.12 bits per heavy atom. The van der Waals surface area contributed by atoms with Gasteiger partial charge in [-0.3, -0.25) is 4.90 Å². The molecule has 1 fully saturated rings. The van der Waals surface area contributed by atoms with Crippen molar-refractivity contribution in [2.24, 2.45) is 16.6 Å². The minimum absolute atomic E-state index is 0. The number of rotatable bonds is 5. The van der Waals surface area contributed by atoms with Gasteiger partial charge in [0.15, 0.2) is 5.96 Å². The van der Waals surface area contributed by atoms with Crippen LogP contribution in [0, 0.1) is 5.92 Å². The average Bonchev–Trinajstić information content (AvgIpc) is 2.62. The number of hydrogen-bond acceptors (Lipinski definition) is 2. The second-order valence-electron chi connectivity index (χ2n) is 6.94. The molecule has 1 atom stereocenters. The summed E-state index contributed by atoms with van der Waals surface area (Å²) in [7, 11) is 0. The van der Waals surface area contributed by atoms with Crippen LogP contribution < -0.4 is 11.1 Å². The van der Waals surface area contributed by atoms with Crippen molar-refractivity contribution in [3.05, 3.63) is 65.7 Å². The van der Waals surface area contributed by atoms with Crippen molar-refractivity contribution in [3.8, 4) is 0 Å². The summed E-state index contributed by atoms with van der Waals surface area (Å²) in [5, 5.41) is 3.14. The van der Waals surface area contributed by atoms with Crippen molar-refractivity contribution in [1.82, 2.24) is 4.90 Å². The van der Waals surface area contributed by atoms with Crippen LogP contribution in [0.2, 0.25) is 0 Å². The van der Waals surface area contributed by atoms with Gasteiger partial charge < -0.3 is 11.1 Å². The Labute approximate surface area is 173 Å². The Bertz CT molecular complexity index is 702. The van der Waals surface area contributed by atoms with E-state index in [1.807, 2.05) is 30.3 Å². The Morgan fingerprint density at radius 2 is 1.81 bits per heavy atom. The number of guanidine groups is 1. The van der Waals surface area contributed by atoms with E-state index in [-0.39, 0.29) is 24.0 Å². The van der Waals surface area contributed by atoms with Gasteiger partial charge in [0, 0.05) is 18.8 Å². The maximum absolute atomic E-state index is 6.03. The molecule has 1 aliphatic rings. The highest BCUT2D eigenvalue weighted by Crippen LogP contribution is 2.20. The predicted octanol–water partition coefficient (Wildman–Crippen LogP) is 4.46. The smallest absolute Gasteiger partial charge is 0.193 e. The molecule has 0 radical (unpaired) electrons. The van der Waals surface area contributed by atoms with Crippen LogP contribution in [0.15, 0.2) is 59.6 Å². The number of benzene rings is 2. The molecule has 0 bridgehead atoms. The highest BCUT2D eigenvalue weighted by Gasteiger charge is 2.17. The summed E-state index contributed by atoms with van der Waals surface area (Å²) < 4.78 is 0. The number of nitrogens with one attached hydrogen (secondary N) is 1. The number of nitrogens with two attached hydrogens (primary N) is 1. The van der Waals surface area contributed by atoms with E-state index in [1.165, 1.54) is 37.1 Å². The number of halogens is 1. The van der Waals surface area contributed by atoms with Crippen LogP contribution in [0.1, 0.15) is 30.9 Å². The van der Waals surface area contributed by atoms with Crippen LogP contribution in [-0.2, 0) is 13.1 Å². The topological polar surface area (TPSA) is 53.6 Å². The van der Waals surface area contributed by atoms with Crippen molar-refractivity contribution >= 4 is 35.6 Å². The first-order valence-electron chi connectivity index (χ1n) is 9.12. The Hall–Kier alpha value is -1.60. The molecular formula is C21H29IN4. The maximum Gasteiger partial charge on any atom is 0.193 e. The van der Waals surface area contributed by atoms with Crippen LogP contribution in [0.3, 0.4) is 0 Å². The number of para-hydroxylation sites is 1. The number of anilines is 1. The van der Waals surface area contributed by atoms with Gasteiger partial charge in [-0.25, -0.2) is 4.99 Å². The molecule has 2 aromatic rings. The molecule has 0 spiro atoms. The standard InChI is InChI=1S/C21H28N4.HI/c1-17-8-7-13-25(15-17)16-19-10-6-5-9-18(19)14-23-21(22)24-20-11-3-2-4-12-20;/h2-6,9-12,17H,7-8,13-16H2,1H3,(H3,22,23,24);1H. The SMILES string of the molecule is CC1CCCN(Cc2ccccc2CN=C(N)Nc2ccccc2)C1.I. The summed E-state index contributed by atoms with van der Waals surface area (Å²) >= 11 is 0. The minimum Gasteiger partial charge on any atom is -0.370 e. The molecule has 4 nitrogen and oxygen atoms in total. The van der Waals surface area contributed by atoms with Gasteiger partial charge >= 0.3 is 0 Å². The summed E-state index contributed by atoms with van der Waals surface area (Å²) in [4.78, 5) is 7.08. The molecule has 0 amide bonds. The fourth-order valence-electron chi connectivity index (χ4n) is 3.42. The van der Waals surface area contributed by atoms with Gasteiger partial charge in [0.25, 0.3) is 0 Å². The van der Waals surface area contributed by atoms with Gasteiger partial charge in [-0.05, 0) is 48.6 Å². The van der Waals surface area contributed by atoms with Crippen molar-refractivity contribution in [1.29, 1.82) is 0 Å². The van der Waals surface area contributed by atoms with Crippen LogP contribution in [0.4, 0.5) is 5.69 Å². The average molecular weight is 464 g/mol. The highest BCUT2D eigenvalue weighted by molar-refractivity contribution is 14.0. The minimum atomic E-state index is 0. The summed E-state index contributed by atoms with van der Waals surface area (Å²) in [6, 6.07) is 18.5. The molecule has 3 rings (SSSR count). The Morgan fingerprint density at radius 3 is 2.54 bits per heavy atom. The van der Waals surface area contributed by atoms with Crippen LogP contribution in [0.25, 0.3) is 0 Å². The Kier molecular flexibility index (Phi) is 8.38. The van der Waals surface area contributed by atoms with E-state index < -0.39 is 0 Å². The summed E-state index contributed by atoms with van der Waals surface area (Å²) in [6.45, 7) is 6.33. The molecule has 140 valence electrons. The lowest BCUT2D eigenvalue weighted by Gasteiger charge is -2.31. The molecule has 0 saturated carbocycles. The van der Waals surface area contributed by atoms with Gasteiger partial charge in [0.1, 0.15) is 0 Å². The first-order valence-corrected chi connectivity index (χ1v) is 9.12. The zero-order valence-corrected chi connectivity index (χ0v) is 17.7. The number of piperidine rings is 1. The number of aliphatic imine (C=N–C) groups is 1. The largest absolute Gasteiger partial charge is 0.370 e. The molecule has 1 aliphatic heterocycles. The second kappa shape index (κ2) is 10.5. The van der Waals surface area contributed by atoms with Gasteiger partial charge in [-0.2, -0.15) is 0 Å². The van der Waals surface area contributed by atoms with Gasteiger partial charge in [0.2, 0.25) is 0 Å². The molecular weight excluding hydrogens is 435 g/mol. The van der Waals surface area contributed by atoms with E-state index >= 15 is 0 Å². The molecule has 1 saturated heterocycles. The molecule has 2 aromatic carbocycles. The number of hydrogen-bond donors (Lipinski definition) is 2. The third-order valence-electron chi connectivity index (χ3n) is 4.72. The van der Waals surface area contributed by atoms with E-state index in [9.17, 15) is 0 Å². The zero-order chi connectivity index (χ0) is 17.5. The third-order valence-corrected chi connectivity index (χ3v) is 4.72. The molecule has 5 heteroatoms. The van der Waals surface area contributed by atoms with Crippen LogP contribution >= 0.6 is 24.0 Å². The molecule has 0 aromatic heterocycles. The van der Waals surface area contributed by atoms with E-state index in [0.717, 1.165) is 18.2 Å². The normalized spacial score (nSPS) is 18.2. The molecule has 1 heterocycles. The maximum atomic E-state index is 6.03. The van der Waals surface area contributed by atoms with E-state index in [2.05, 4.69) is 46.4 Å². The van der Waals surface area contributed by atoms with Crippen LogP contribution in [-0.4, -0.2) is 23.9 Å². The molecule has 1 unspecified atom stereocenters. The van der Waals surface area contributed by atoms with E-state index in [1.54, 1.807) is 0 Å². The summed E-state index contributed by atoms with van der Waals surface area (Å²) in [5.74, 6) is 1.25. The van der Waals surface area contributed by atoms with Crippen molar-refractivity contribution in [2.75, 3.05) is 18.4 Å². The van der Waals surface area contributed by atoms with Crippen molar-refractivity contribution in [3.63, 3.8) is 0 Å². The lowest BCUT2D eigenvalue weighted by Crippen LogP contribution is -2.34. The monoisotopic (exact) mass is 464 g/mol. The first-order chi connectivity index (χ1) is 12.2. The van der Waals surface area contributed by atoms with E-state index in [0.29, 0.717) is 12.5 Å². The van der Waals surface area contributed by atoms with Crippen molar-refractivity contribution < 1.29 is 0 Å². The lowest BCUT2D eigenvalue weighted by atomic mass is 9.99. The summed E-state index contributed by atoms with van der Waals surface area (Å²) in [5.41, 5.74) is 9.60. The number of likely N-dealkylation sites (tertiary alicyclic amines) is 1. The zero-order valence-electron chi connectivity index (χ0n) is 15.4. The number of nitrogens with zero attached hydrogens (tertiary/aromatic N) is 2. The second-order valence-corrected chi connectivity index (χ2v) is 6.94. The quantitative estimate of drug-likeness (QED) is 0.390. The molecule has 26 heavy (non-hydrogen) atoms. The fourth-order valence-corrected chi connectivity index (χ4v) is 3.42. The van der Waals surface area contributed by atoms with Gasteiger partial charge in [-0.15, -0.1) is 24.0 Å². The van der Waals surface area contributed by atoms with Gasteiger partial charge in [-0.1, -0.05) is 49.4 Å². The lowest BCUT2D eigenvalue weighted by molar-refractivity contribution is 0.176. The Balaban J connectivity index is 0.00000243. The van der Waals surface area contributed by atoms with E-state index in [4.69, 9.17) is 5.73 Å². The summed E-state index contributed by atoms with van der Waals surface area (Å²) in [6.07, 6.45) is 2.65. The predicted molar refractivity (Wildman–Crippen MR) is 121 cm³/mol. The van der Waals surface area contributed by atoms with Crippen LogP contribution in [0.5, 0.6) is 0 Å². The first kappa shape index (κ1) is 20.7. The fraction of sp³-hybridized carbons (Fsp3) is 0.381. The third kappa shape index (κ3) is 6.29. The van der Waals surface area contributed by atoms with Gasteiger partial charge in [0.05, 0.1) is 6.54 Å².